The number of likely N-dealkylation sites (tertiary alicyclic amines) is 1. The second-order valence-electron chi connectivity index (χ2n) is 8.22. The fourth-order valence-corrected chi connectivity index (χ4v) is 4.99. The van der Waals surface area contributed by atoms with Crippen LogP contribution >= 0.6 is 0 Å². The predicted octanol–water partition coefficient (Wildman–Crippen LogP) is 3.51. The van der Waals surface area contributed by atoms with Gasteiger partial charge in [-0.15, -0.1) is 0 Å². The Kier molecular flexibility index (Phi) is 5.32. The van der Waals surface area contributed by atoms with E-state index >= 15 is 0 Å². The second kappa shape index (κ2) is 7.69. The van der Waals surface area contributed by atoms with E-state index in [1.54, 1.807) is 0 Å². The van der Waals surface area contributed by atoms with Gasteiger partial charge in [0, 0.05) is 13.6 Å². The Morgan fingerprint density at radius 3 is 2.58 bits per heavy atom. The van der Waals surface area contributed by atoms with Gasteiger partial charge in [-0.1, -0.05) is 19.4 Å². The van der Waals surface area contributed by atoms with Crippen LogP contribution < -0.4 is 10.6 Å². The third-order valence-electron chi connectivity index (χ3n) is 6.69. The number of rotatable bonds is 7. The van der Waals surface area contributed by atoms with Crippen LogP contribution in [0.15, 0.2) is 17.1 Å². The van der Waals surface area contributed by atoms with Crippen LogP contribution in [0, 0.1) is 0 Å². The minimum Gasteiger partial charge on any atom is -0.376 e. The van der Waals surface area contributed by atoms with Crippen molar-refractivity contribution in [3.63, 3.8) is 0 Å². The molecule has 1 spiro atoms. The average molecular weight is 355 g/mol. The van der Waals surface area contributed by atoms with E-state index in [1.165, 1.54) is 86.4 Å². The van der Waals surface area contributed by atoms with E-state index < -0.39 is 0 Å². The monoisotopic (exact) mass is 354 g/mol. The van der Waals surface area contributed by atoms with Gasteiger partial charge in [0.05, 0.1) is 11.1 Å². The SMILES string of the molecule is CCc1cc2c(cc1CNCCCN1CCCC1)N=C(NC)C21CCC1. The summed E-state index contributed by atoms with van der Waals surface area (Å²) in [5, 5.41) is 7.05. The number of aliphatic imine (C=N–C) groups is 1. The molecule has 0 aromatic heterocycles. The van der Waals surface area contributed by atoms with E-state index in [0.717, 1.165) is 19.5 Å². The zero-order valence-corrected chi connectivity index (χ0v) is 16.5. The van der Waals surface area contributed by atoms with Gasteiger partial charge in [-0.2, -0.15) is 0 Å². The third kappa shape index (κ3) is 3.18. The van der Waals surface area contributed by atoms with Gasteiger partial charge in [0.25, 0.3) is 0 Å². The first-order valence-electron chi connectivity index (χ1n) is 10.6. The van der Waals surface area contributed by atoms with Crippen LogP contribution in [0.1, 0.15) is 62.1 Å². The van der Waals surface area contributed by atoms with E-state index in [9.17, 15) is 0 Å². The summed E-state index contributed by atoms with van der Waals surface area (Å²) < 4.78 is 0. The summed E-state index contributed by atoms with van der Waals surface area (Å²) >= 11 is 0. The molecule has 1 aromatic rings. The molecule has 26 heavy (non-hydrogen) atoms. The number of amidine groups is 1. The van der Waals surface area contributed by atoms with E-state index in [-0.39, 0.29) is 5.41 Å². The molecule has 142 valence electrons. The predicted molar refractivity (Wildman–Crippen MR) is 110 cm³/mol. The summed E-state index contributed by atoms with van der Waals surface area (Å²) in [6, 6.07) is 4.82. The molecule has 1 saturated carbocycles. The maximum absolute atomic E-state index is 4.95. The highest BCUT2D eigenvalue weighted by molar-refractivity contribution is 6.01. The van der Waals surface area contributed by atoms with Gasteiger partial charge in [-0.3, -0.25) is 0 Å². The molecule has 3 aliphatic rings. The van der Waals surface area contributed by atoms with Crippen molar-refractivity contribution in [1.82, 2.24) is 15.5 Å². The van der Waals surface area contributed by atoms with Crippen LogP contribution in [0.4, 0.5) is 5.69 Å². The molecule has 0 unspecified atom stereocenters. The molecule has 1 saturated heterocycles. The van der Waals surface area contributed by atoms with Gasteiger partial charge in [-0.05, 0) is 87.5 Å². The molecule has 0 radical (unpaired) electrons. The largest absolute Gasteiger partial charge is 0.376 e. The van der Waals surface area contributed by atoms with E-state index in [2.05, 4.69) is 34.6 Å². The topological polar surface area (TPSA) is 39.7 Å². The number of nitrogens with zero attached hydrogens (tertiary/aromatic N) is 2. The molecule has 4 heteroatoms. The molecule has 2 heterocycles. The van der Waals surface area contributed by atoms with Crippen LogP contribution in [0.3, 0.4) is 0 Å². The van der Waals surface area contributed by atoms with Gasteiger partial charge in [0.1, 0.15) is 5.84 Å². The number of fused-ring (bicyclic) bond motifs is 2. The maximum Gasteiger partial charge on any atom is 0.113 e. The number of aryl methyl sites for hydroxylation is 1. The van der Waals surface area contributed by atoms with Crippen LogP contribution in [-0.4, -0.2) is 44.0 Å². The number of hydrogen-bond acceptors (Lipinski definition) is 4. The molecular formula is C22H34N4. The third-order valence-corrected chi connectivity index (χ3v) is 6.69. The molecular weight excluding hydrogens is 320 g/mol. The smallest absolute Gasteiger partial charge is 0.113 e. The molecule has 1 aromatic carbocycles. The zero-order chi connectivity index (χ0) is 18.0. The first-order chi connectivity index (χ1) is 12.8. The average Bonchev–Trinajstić information content (AvgIpc) is 3.24. The van der Waals surface area contributed by atoms with Crippen molar-refractivity contribution in [2.75, 3.05) is 33.2 Å². The fourth-order valence-electron chi connectivity index (χ4n) is 4.99. The van der Waals surface area contributed by atoms with Crippen LogP contribution in [0.25, 0.3) is 0 Å². The lowest BCUT2D eigenvalue weighted by Crippen LogP contribution is -2.45. The summed E-state index contributed by atoms with van der Waals surface area (Å²) in [4.78, 5) is 7.55. The number of hydrogen-bond donors (Lipinski definition) is 2. The highest BCUT2D eigenvalue weighted by atomic mass is 15.1. The first kappa shape index (κ1) is 18.0. The Hall–Kier alpha value is -1.39. The van der Waals surface area contributed by atoms with Crippen molar-refractivity contribution < 1.29 is 0 Å². The maximum atomic E-state index is 4.95. The summed E-state index contributed by atoms with van der Waals surface area (Å²) in [5.41, 5.74) is 5.82. The number of likely N-dealkylation sites (N-methyl/N-ethyl adjacent to an activating group) is 1. The van der Waals surface area contributed by atoms with Crippen LogP contribution in [-0.2, 0) is 18.4 Å². The van der Waals surface area contributed by atoms with Gasteiger partial charge < -0.3 is 15.5 Å². The Balaban J connectivity index is 1.40. The first-order valence-corrected chi connectivity index (χ1v) is 10.6. The fraction of sp³-hybridized carbons (Fsp3) is 0.682. The van der Waals surface area contributed by atoms with Crippen molar-refractivity contribution in [1.29, 1.82) is 0 Å². The number of nitrogens with one attached hydrogen (secondary N) is 2. The van der Waals surface area contributed by atoms with E-state index in [1.807, 2.05) is 7.05 Å². The highest BCUT2D eigenvalue weighted by Crippen LogP contribution is 2.52. The van der Waals surface area contributed by atoms with Crippen LogP contribution in [0.2, 0.25) is 0 Å². The Morgan fingerprint density at radius 1 is 1.12 bits per heavy atom. The van der Waals surface area contributed by atoms with Crippen molar-refractivity contribution >= 4 is 11.5 Å². The molecule has 4 rings (SSSR count). The van der Waals surface area contributed by atoms with E-state index in [4.69, 9.17) is 4.99 Å². The van der Waals surface area contributed by atoms with Crippen molar-refractivity contribution in [3.05, 3.63) is 28.8 Å². The molecule has 0 bridgehead atoms. The lowest BCUT2D eigenvalue weighted by atomic mass is 9.64. The summed E-state index contributed by atoms with van der Waals surface area (Å²) in [6.45, 7) is 8.20. The summed E-state index contributed by atoms with van der Waals surface area (Å²) in [7, 11) is 2.02. The van der Waals surface area contributed by atoms with E-state index in [0.29, 0.717) is 0 Å². The molecule has 2 fully saturated rings. The van der Waals surface area contributed by atoms with Crippen LogP contribution in [0.5, 0.6) is 0 Å². The minimum atomic E-state index is 0.204. The highest BCUT2D eigenvalue weighted by Gasteiger charge is 2.48. The Bertz CT molecular complexity index is 669. The van der Waals surface area contributed by atoms with Gasteiger partial charge >= 0.3 is 0 Å². The summed E-state index contributed by atoms with van der Waals surface area (Å²) in [5.74, 6) is 1.19. The lowest BCUT2D eigenvalue weighted by Gasteiger charge is -2.40. The van der Waals surface area contributed by atoms with Crippen molar-refractivity contribution in [3.8, 4) is 0 Å². The Morgan fingerprint density at radius 2 is 1.92 bits per heavy atom. The van der Waals surface area contributed by atoms with Crippen molar-refractivity contribution in [2.24, 2.45) is 4.99 Å². The summed E-state index contributed by atoms with van der Waals surface area (Å²) in [6.07, 6.45) is 8.94. The zero-order valence-electron chi connectivity index (χ0n) is 16.5. The molecule has 0 atom stereocenters. The van der Waals surface area contributed by atoms with Gasteiger partial charge in [0.2, 0.25) is 0 Å². The van der Waals surface area contributed by atoms with Gasteiger partial charge in [0.15, 0.2) is 0 Å². The number of benzene rings is 1. The van der Waals surface area contributed by atoms with Crippen molar-refractivity contribution in [2.45, 2.75) is 63.8 Å². The van der Waals surface area contributed by atoms with Gasteiger partial charge in [-0.25, -0.2) is 4.99 Å². The minimum absolute atomic E-state index is 0.204. The molecule has 2 aliphatic heterocycles. The lowest BCUT2D eigenvalue weighted by molar-refractivity contribution is 0.331. The normalized spacial score (nSPS) is 20.9. The quantitative estimate of drug-likeness (QED) is 0.736. The molecule has 4 nitrogen and oxygen atoms in total. The Labute approximate surface area is 158 Å². The standard InChI is InChI=1S/C22H34N4/c1-3-17-14-19-20(25-21(23-2)22(19)8-6-9-22)15-18(17)16-24-10-7-13-26-11-4-5-12-26/h14-15,24H,3-13,16H2,1-2H3,(H,23,25). The molecule has 0 amide bonds. The molecule has 1 aliphatic carbocycles. The second-order valence-corrected chi connectivity index (χ2v) is 8.22. The molecule has 2 N–H and O–H groups in total.